The second kappa shape index (κ2) is 4.78. The molecule has 1 fully saturated rings. The number of benzene rings is 1. The molecule has 0 spiro atoms. The van der Waals surface area contributed by atoms with Crippen LogP contribution in [0.1, 0.15) is 18.4 Å². The lowest BCUT2D eigenvalue weighted by atomic mass is 10.1. The lowest BCUT2D eigenvalue weighted by molar-refractivity contribution is -0.400. The minimum atomic E-state index is -0.511. The van der Waals surface area contributed by atoms with Crippen LogP contribution in [-0.2, 0) is 4.79 Å². The summed E-state index contributed by atoms with van der Waals surface area (Å²) in [4.78, 5) is 23.1. The predicted molar refractivity (Wildman–Crippen MR) is 64.1 cm³/mol. The minimum absolute atomic E-state index is 0.0759. The van der Waals surface area contributed by atoms with Crippen molar-refractivity contribution in [2.45, 2.75) is 12.8 Å². The highest BCUT2D eigenvalue weighted by Crippen LogP contribution is 2.26. The van der Waals surface area contributed by atoms with Crippen molar-refractivity contribution >= 4 is 17.7 Å². The maximum atomic E-state index is 11.6. The number of amides is 1. The monoisotopic (exact) mass is 232 g/mol. The first-order valence-corrected chi connectivity index (χ1v) is 5.39. The number of hydrogen-bond acceptors (Lipinski definition) is 3. The van der Waals surface area contributed by atoms with E-state index in [1.807, 2.05) is 12.1 Å². The number of nitro groups is 1. The quantitative estimate of drug-likeness (QED) is 0.592. The third kappa shape index (κ3) is 2.50. The molecule has 1 aliphatic heterocycles. The van der Waals surface area contributed by atoms with Crippen molar-refractivity contribution in [2.24, 2.45) is 0 Å². The Kier molecular flexibility index (Phi) is 3.18. The molecule has 88 valence electrons. The molecule has 0 saturated carbocycles. The Bertz CT molecular complexity index is 482. The van der Waals surface area contributed by atoms with E-state index < -0.39 is 4.92 Å². The van der Waals surface area contributed by atoms with Crippen molar-refractivity contribution in [1.29, 1.82) is 0 Å². The van der Waals surface area contributed by atoms with Crippen molar-refractivity contribution in [1.82, 2.24) is 0 Å². The molecule has 0 unspecified atom stereocenters. The number of carbonyl (C=O) groups is 1. The zero-order valence-corrected chi connectivity index (χ0v) is 9.20. The average Bonchev–Trinajstić information content (AvgIpc) is 2.73. The summed E-state index contributed by atoms with van der Waals surface area (Å²) in [6.45, 7) is 0.683. The van der Waals surface area contributed by atoms with E-state index >= 15 is 0 Å². The summed E-state index contributed by atoms with van der Waals surface area (Å²) in [5.74, 6) is 0.0759. The third-order valence-corrected chi connectivity index (χ3v) is 2.68. The van der Waals surface area contributed by atoms with Gasteiger partial charge < -0.3 is 4.90 Å². The number of rotatable bonds is 3. The lowest BCUT2D eigenvalue weighted by Crippen LogP contribution is -2.24. The molecule has 0 aromatic heterocycles. The van der Waals surface area contributed by atoms with E-state index in [9.17, 15) is 14.9 Å². The summed E-state index contributed by atoms with van der Waals surface area (Å²) in [5, 5.41) is 10.3. The average molecular weight is 232 g/mol. The van der Waals surface area contributed by atoms with Crippen molar-refractivity contribution < 1.29 is 9.72 Å². The fourth-order valence-corrected chi connectivity index (χ4v) is 1.92. The van der Waals surface area contributed by atoms with Gasteiger partial charge in [0.15, 0.2) is 0 Å². The molecule has 1 amide bonds. The molecule has 5 heteroatoms. The maximum Gasteiger partial charge on any atom is 0.235 e. The second-order valence-electron chi connectivity index (χ2n) is 3.81. The second-order valence-corrected chi connectivity index (χ2v) is 3.81. The Labute approximate surface area is 98.5 Å². The fraction of sp³-hybridized carbons (Fsp3) is 0.250. The first kappa shape index (κ1) is 11.3. The number of hydrogen-bond donors (Lipinski definition) is 0. The molecule has 1 aromatic rings. The Morgan fingerprint density at radius 3 is 2.76 bits per heavy atom. The molecule has 17 heavy (non-hydrogen) atoms. The molecular weight excluding hydrogens is 220 g/mol. The van der Waals surface area contributed by atoms with Crippen LogP contribution in [0, 0.1) is 10.1 Å². The van der Waals surface area contributed by atoms with Gasteiger partial charge in [-0.3, -0.25) is 14.9 Å². The van der Waals surface area contributed by atoms with Crippen LogP contribution in [0.5, 0.6) is 0 Å². The smallest absolute Gasteiger partial charge is 0.235 e. The Morgan fingerprint density at radius 2 is 2.12 bits per heavy atom. The van der Waals surface area contributed by atoms with Gasteiger partial charge in [-0.2, -0.15) is 0 Å². The minimum Gasteiger partial charge on any atom is -0.312 e. The van der Waals surface area contributed by atoms with Crippen LogP contribution in [0.25, 0.3) is 6.08 Å². The molecular formula is C12H12N2O3. The van der Waals surface area contributed by atoms with E-state index in [1.54, 1.807) is 17.0 Å². The zero-order valence-electron chi connectivity index (χ0n) is 9.20. The third-order valence-electron chi connectivity index (χ3n) is 2.68. The standard InChI is InChI=1S/C12H12N2O3/c15-12-6-3-8-13(12)11-5-2-1-4-10(11)7-9-14(16)17/h1-2,4-5,7,9H,3,6,8H2/b9-7+. The largest absolute Gasteiger partial charge is 0.312 e. The first-order chi connectivity index (χ1) is 8.18. The molecule has 0 N–H and O–H groups in total. The summed E-state index contributed by atoms with van der Waals surface area (Å²) >= 11 is 0. The van der Waals surface area contributed by atoms with Gasteiger partial charge in [0.2, 0.25) is 12.1 Å². The summed E-state index contributed by atoms with van der Waals surface area (Å²) in [7, 11) is 0. The maximum absolute atomic E-state index is 11.6. The molecule has 0 radical (unpaired) electrons. The van der Waals surface area contributed by atoms with Crippen LogP contribution < -0.4 is 4.90 Å². The Morgan fingerprint density at radius 1 is 1.35 bits per heavy atom. The van der Waals surface area contributed by atoms with E-state index in [0.29, 0.717) is 18.5 Å². The predicted octanol–water partition coefficient (Wildman–Crippen LogP) is 2.06. The van der Waals surface area contributed by atoms with Crippen molar-refractivity contribution in [3.8, 4) is 0 Å². The summed E-state index contributed by atoms with van der Waals surface area (Å²) in [6.07, 6.45) is 3.69. The highest BCUT2D eigenvalue weighted by Gasteiger charge is 2.22. The molecule has 2 rings (SSSR count). The molecule has 1 aliphatic rings. The lowest BCUT2D eigenvalue weighted by Gasteiger charge is -2.17. The molecule has 5 nitrogen and oxygen atoms in total. The summed E-state index contributed by atoms with van der Waals surface area (Å²) in [5.41, 5.74) is 1.44. The molecule has 1 aromatic carbocycles. The van der Waals surface area contributed by atoms with Crippen LogP contribution in [-0.4, -0.2) is 17.4 Å². The van der Waals surface area contributed by atoms with Crippen LogP contribution in [0.4, 0.5) is 5.69 Å². The molecule has 0 bridgehead atoms. The van der Waals surface area contributed by atoms with Gasteiger partial charge in [0.1, 0.15) is 0 Å². The van der Waals surface area contributed by atoms with Gasteiger partial charge in [0.25, 0.3) is 0 Å². The fourth-order valence-electron chi connectivity index (χ4n) is 1.92. The van der Waals surface area contributed by atoms with Crippen molar-refractivity contribution in [3.63, 3.8) is 0 Å². The van der Waals surface area contributed by atoms with Gasteiger partial charge >= 0.3 is 0 Å². The van der Waals surface area contributed by atoms with E-state index in [0.717, 1.165) is 18.3 Å². The molecule has 1 saturated heterocycles. The molecule has 0 aliphatic carbocycles. The van der Waals surface area contributed by atoms with E-state index in [4.69, 9.17) is 0 Å². The van der Waals surface area contributed by atoms with E-state index in [2.05, 4.69) is 0 Å². The van der Waals surface area contributed by atoms with Gasteiger partial charge in [-0.25, -0.2) is 0 Å². The number of carbonyl (C=O) groups excluding carboxylic acids is 1. The van der Waals surface area contributed by atoms with Crippen LogP contribution in [0.2, 0.25) is 0 Å². The van der Waals surface area contributed by atoms with E-state index in [1.165, 1.54) is 6.08 Å². The summed E-state index contributed by atoms with van der Waals surface area (Å²) < 4.78 is 0. The number of anilines is 1. The van der Waals surface area contributed by atoms with Crippen LogP contribution in [0.3, 0.4) is 0 Å². The van der Waals surface area contributed by atoms with Gasteiger partial charge in [0.05, 0.1) is 10.6 Å². The Balaban J connectivity index is 2.33. The number of nitrogens with zero attached hydrogens (tertiary/aromatic N) is 2. The van der Waals surface area contributed by atoms with Crippen LogP contribution >= 0.6 is 0 Å². The van der Waals surface area contributed by atoms with Gasteiger partial charge in [0, 0.05) is 24.6 Å². The zero-order chi connectivity index (χ0) is 12.3. The van der Waals surface area contributed by atoms with Gasteiger partial charge in [-0.15, -0.1) is 0 Å². The number of para-hydroxylation sites is 1. The summed E-state index contributed by atoms with van der Waals surface area (Å²) in [6, 6.07) is 7.19. The Hall–Kier alpha value is -2.17. The molecule has 1 heterocycles. The molecule has 0 atom stereocenters. The van der Waals surface area contributed by atoms with Crippen molar-refractivity contribution in [2.75, 3.05) is 11.4 Å². The topological polar surface area (TPSA) is 63.5 Å². The van der Waals surface area contributed by atoms with Crippen LogP contribution in [0.15, 0.2) is 30.5 Å². The van der Waals surface area contributed by atoms with E-state index in [-0.39, 0.29) is 5.91 Å². The highest BCUT2D eigenvalue weighted by atomic mass is 16.6. The SMILES string of the molecule is O=C1CCCN1c1ccccc1/C=C/[N+](=O)[O-]. The first-order valence-electron chi connectivity index (χ1n) is 5.39. The van der Waals surface area contributed by atoms with Crippen molar-refractivity contribution in [3.05, 3.63) is 46.1 Å². The normalized spacial score (nSPS) is 15.8. The highest BCUT2D eigenvalue weighted by molar-refractivity contribution is 5.97. The van der Waals surface area contributed by atoms with Gasteiger partial charge in [-0.1, -0.05) is 18.2 Å². The van der Waals surface area contributed by atoms with Gasteiger partial charge in [-0.05, 0) is 12.5 Å².